The molecule has 1 saturated heterocycles. The van der Waals surface area contributed by atoms with Crippen LogP contribution in [0.15, 0.2) is 41.3 Å². The number of aryl methyl sites for hydroxylation is 1. The largest absolute Gasteiger partial charge is 0.391 e. The lowest BCUT2D eigenvalue weighted by atomic mass is 9.82. The average Bonchev–Trinajstić information content (AvgIpc) is 3.19. The van der Waals surface area contributed by atoms with Gasteiger partial charge in [0, 0.05) is 0 Å². The molecule has 0 saturated carbocycles. The number of hydrogen-bond acceptors (Lipinski definition) is 6. The summed E-state index contributed by atoms with van der Waals surface area (Å²) < 4.78 is 36.7. The summed E-state index contributed by atoms with van der Waals surface area (Å²) >= 11 is 0. The first-order valence-electron chi connectivity index (χ1n) is 14.0. The van der Waals surface area contributed by atoms with E-state index in [1.165, 1.54) is 28.8 Å². The van der Waals surface area contributed by atoms with E-state index in [4.69, 9.17) is 8.92 Å². The van der Waals surface area contributed by atoms with Crippen molar-refractivity contribution in [2.75, 3.05) is 6.61 Å². The van der Waals surface area contributed by atoms with Crippen molar-refractivity contribution < 1.29 is 27.2 Å². The first-order chi connectivity index (χ1) is 18.2. The van der Waals surface area contributed by atoms with E-state index >= 15 is 0 Å². The number of hydrogen-bond donors (Lipinski definition) is 2. The summed E-state index contributed by atoms with van der Waals surface area (Å²) in [4.78, 5) is 12.4. The van der Waals surface area contributed by atoms with Crippen molar-refractivity contribution in [1.82, 2.24) is 5.32 Å². The van der Waals surface area contributed by atoms with Crippen LogP contribution in [-0.2, 0) is 23.8 Å². The lowest BCUT2D eigenvalue weighted by Crippen LogP contribution is -2.38. The third-order valence-corrected chi connectivity index (χ3v) is 8.69. The summed E-state index contributed by atoms with van der Waals surface area (Å²) in [6, 6.07) is 10.4. The van der Waals surface area contributed by atoms with Crippen molar-refractivity contribution in [3.8, 4) is 0 Å². The van der Waals surface area contributed by atoms with Gasteiger partial charge >= 0.3 is 0 Å². The van der Waals surface area contributed by atoms with Gasteiger partial charge in [0.05, 0.1) is 42.3 Å². The number of nitrogens with one attached hydrogen (secondary N) is 1. The second kappa shape index (κ2) is 12.9. The summed E-state index contributed by atoms with van der Waals surface area (Å²) in [5, 5.41) is 13.5. The summed E-state index contributed by atoms with van der Waals surface area (Å²) in [6.45, 7) is 16.6. The molecule has 2 aromatic rings. The normalized spacial score (nSPS) is 19.6. The third-order valence-electron chi connectivity index (χ3n) is 7.40. The van der Waals surface area contributed by atoms with Gasteiger partial charge in [-0.05, 0) is 72.4 Å². The van der Waals surface area contributed by atoms with Crippen LogP contribution >= 0.6 is 0 Å². The Labute approximate surface area is 234 Å². The van der Waals surface area contributed by atoms with E-state index in [-0.39, 0.29) is 29.7 Å². The van der Waals surface area contributed by atoms with Crippen LogP contribution in [0.5, 0.6) is 0 Å². The summed E-state index contributed by atoms with van der Waals surface area (Å²) in [7, 11) is -4.00. The molecular weight excluding hydrogens is 514 g/mol. The van der Waals surface area contributed by atoms with Crippen molar-refractivity contribution >= 4 is 16.0 Å². The van der Waals surface area contributed by atoms with Gasteiger partial charge in [0.1, 0.15) is 0 Å². The monoisotopic (exact) mass is 559 g/mol. The molecule has 3 rings (SSSR count). The number of rotatable bonds is 12. The highest BCUT2D eigenvalue weighted by Crippen LogP contribution is 2.38. The smallest absolute Gasteiger partial charge is 0.297 e. The molecule has 4 atom stereocenters. The molecule has 1 heterocycles. The van der Waals surface area contributed by atoms with Crippen LogP contribution in [0.4, 0.5) is 0 Å². The van der Waals surface area contributed by atoms with Gasteiger partial charge < -0.3 is 15.2 Å². The molecule has 0 radical (unpaired) electrons. The maximum absolute atomic E-state index is 12.5. The van der Waals surface area contributed by atoms with Gasteiger partial charge in [-0.25, -0.2) is 0 Å². The van der Waals surface area contributed by atoms with Crippen molar-refractivity contribution in [3.05, 3.63) is 64.2 Å². The van der Waals surface area contributed by atoms with E-state index in [0.29, 0.717) is 17.8 Å². The highest BCUT2D eigenvalue weighted by Gasteiger charge is 2.37. The molecule has 1 aliphatic rings. The van der Waals surface area contributed by atoms with Gasteiger partial charge in [-0.2, -0.15) is 8.42 Å². The van der Waals surface area contributed by atoms with Gasteiger partial charge in [0.15, 0.2) is 0 Å². The van der Waals surface area contributed by atoms with Crippen molar-refractivity contribution in [1.29, 1.82) is 0 Å². The summed E-state index contributed by atoms with van der Waals surface area (Å²) in [6.07, 6.45) is -1.52. The Morgan fingerprint density at radius 1 is 0.949 bits per heavy atom. The molecule has 2 aromatic carbocycles. The number of carbonyl (C=O) groups excluding carboxylic acids is 1. The number of amides is 1. The highest BCUT2D eigenvalue weighted by molar-refractivity contribution is 7.86. The first-order valence-corrected chi connectivity index (χ1v) is 15.4. The van der Waals surface area contributed by atoms with Gasteiger partial charge in [-0.1, -0.05) is 71.4 Å². The van der Waals surface area contributed by atoms with Crippen LogP contribution < -0.4 is 5.32 Å². The zero-order chi connectivity index (χ0) is 29.1. The molecule has 0 aliphatic carbocycles. The van der Waals surface area contributed by atoms with Crippen molar-refractivity contribution in [2.24, 2.45) is 0 Å². The number of aliphatic hydroxyl groups excluding tert-OH is 1. The molecular formula is C31H45NO6S. The number of benzene rings is 2. The highest BCUT2D eigenvalue weighted by atomic mass is 32.2. The number of carbonyl (C=O) groups is 1. The molecule has 8 heteroatoms. The molecule has 0 aromatic heterocycles. The Bertz CT molecular complexity index is 1210. The second-order valence-corrected chi connectivity index (χ2v) is 13.3. The van der Waals surface area contributed by atoms with Gasteiger partial charge in [-0.15, -0.1) is 0 Å². The first kappa shape index (κ1) is 31.3. The third kappa shape index (κ3) is 7.91. The second-order valence-electron chi connectivity index (χ2n) is 11.7. The fourth-order valence-electron chi connectivity index (χ4n) is 5.15. The Kier molecular flexibility index (Phi) is 10.4. The molecule has 1 aliphatic heterocycles. The maximum Gasteiger partial charge on any atom is 0.297 e. The lowest BCUT2D eigenvalue weighted by molar-refractivity contribution is -0.120. The Balaban J connectivity index is 1.74. The zero-order valence-corrected chi connectivity index (χ0v) is 25.3. The van der Waals surface area contributed by atoms with Gasteiger partial charge in [0.25, 0.3) is 10.1 Å². The van der Waals surface area contributed by atoms with Crippen LogP contribution in [-0.4, -0.2) is 44.3 Å². The van der Waals surface area contributed by atoms with Crippen LogP contribution in [0.2, 0.25) is 0 Å². The summed E-state index contributed by atoms with van der Waals surface area (Å²) in [5.74, 6) is 0.859. The van der Waals surface area contributed by atoms with E-state index in [1.54, 1.807) is 12.1 Å². The molecule has 0 spiro atoms. The molecule has 7 nitrogen and oxygen atoms in total. The predicted molar refractivity (Wildman–Crippen MR) is 153 cm³/mol. The molecule has 2 N–H and O–H groups in total. The Morgan fingerprint density at radius 3 is 2.03 bits per heavy atom. The fraction of sp³-hybridized carbons (Fsp3) is 0.581. The maximum atomic E-state index is 12.5. The minimum atomic E-state index is -4.00. The van der Waals surface area contributed by atoms with Gasteiger partial charge in [0.2, 0.25) is 5.91 Å². The summed E-state index contributed by atoms with van der Waals surface area (Å²) in [5.41, 5.74) is 5.90. The minimum Gasteiger partial charge on any atom is -0.391 e. The number of aliphatic hydroxyl groups is 1. The van der Waals surface area contributed by atoms with Crippen LogP contribution in [0.25, 0.3) is 0 Å². The molecule has 216 valence electrons. The molecule has 1 fully saturated rings. The van der Waals surface area contributed by atoms with Gasteiger partial charge in [-0.3, -0.25) is 8.98 Å². The van der Waals surface area contributed by atoms with Crippen molar-refractivity contribution in [3.63, 3.8) is 0 Å². The predicted octanol–water partition coefficient (Wildman–Crippen LogP) is 5.86. The van der Waals surface area contributed by atoms with E-state index in [1.807, 2.05) is 13.8 Å². The van der Waals surface area contributed by atoms with E-state index in [2.05, 4.69) is 59.0 Å². The topological polar surface area (TPSA) is 102 Å². The number of ether oxygens (including phenoxy) is 1. The molecule has 1 unspecified atom stereocenters. The molecule has 1 amide bonds. The lowest BCUT2D eigenvalue weighted by Gasteiger charge is -2.30. The Morgan fingerprint density at radius 2 is 1.51 bits per heavy atom. The van der Waals surface area contributed by atoms with Crippen LogP contribution in [0.3, 0.4) is 0 Å². The molecule has 0 bridgehead atoms. The average molecular weight is 560 g/mol. The zero-order valence-electron chi connectivity index (χ0n) is 24.5. The molecule has 39 heavy (non-hydrogen) atoms. The fourth-order valence-corrected chi connectivity index (χ4v) is 6.09. The Hall–Kier alpha value is -2.26. The van der Waals surface area contributed by atoms with E-state index in [9.17, 15) is 18.3 Å². The standard InChI is InChI=1S/C31H45NO6S/c1-18(2)23-13-26(19(3)4)31(27(14-23)20(5)6)22(8)38-29-16-30(34)32-28(29)15-24(33)17-37-39(35,36)25-11-9-21(7)10-12-25/h9-14,18-20,22,24,28-29,33H,15-17H2,1-8H3,(H,32,34)/t22-,24?,28+,29+/m0/s1. The SMILES string of the molecule is Cc1ccc(S(=O)(=O)OCC(O)C[C@H]2NC(=O)C[C@H]2O[C@@H](C)c2c(C(C)C)cc(C(C)C)cc2C(C)C)cc1. The van der Waals surface area contributed by atoms with E-state index < -0.39 is 35.0 Å². The quantitative estimate of drug-likeness (QED) is 0.316. The van der Waals surface area contributed by atoms with Crippen LogP contribution in [0.1, 0.15) is 113 Å². The van der Waals surface area contributed by atoms with Crippen LogP contribution in [0, 0.1) is 6.92 Å². The van der Waals surface area contributed by atoms with E-state index in [0.717, 1.165) is 11.1 Å². The minimum absolute atomic E-state index is 0.0369. The van der Waals surface area contributed by atoms with Crippen molar-refractivity contribution in [2.45, 2.75) is 115 Å².